The Bertz CT molecular complexity index is 794. The third kappa shape index (κ3) is 4.59. The Morgan fingerprint density at radius 1 is 1.33 bits per heavy atom. The smallest absolute Gasteiger partial charge is 0.262 e. The van der Waals surface area contributed by atoms with Crippen LogP contribution in [0, 0.1) is 18.3 Å². The van der Waals surface area contributed by atoms with E-state index in [4.69, 9.17) is 10.00 Å². The second-order valence-electron chi connectivity index (χ2n) is 5.82. The van der Waals surface area contributed by atoms with Crippen LogP contribution >= 0.6 is 15.9 Å². The largest absolute Gasteiger partial charge is 0.483 e. The predicted octanol–water partition coefficient (Wildman–Crippen LogP) is 4.77. The highest BCUT2D eigenvalue weighted by atomic mass is 79.9. The van der Waals surface area contributed by atoms with Crippen LogP contribution in [0.4, 0.5) is 5.69 Å². The van der Waals surface area contributed by atoms with Crippen molar-refractivity contribution in [1.29, 1.82) is 5.26 Å². The van der Waals surface area contributed by atoms with Crippen LogP contribution in [-0.4, -0.2) is 12.5 Å². The molecule has 1 N–H and O–H groups in total. The van der Waals surface area contributed by atoms with Crippen molar-refractivity contribution in [2.45, 2.75) is 26.7 Å². The molecule has 0 spiro atoms. The van der Waals surface area contributed by atoms with Crippen molar-refractivity contribution < 1.29 is 9.53 Å². The molecule has 2 aromatic rings. The average Bonchev–Trinajstić information content (AvgIpc) is 2.55. The lowest BCUT2D eigenvalue weighted by atomic mass is 10.0. The Labute approximate surface area is 150 Å². The number of aryl methyl sites for hydroxylation is 1. The van der Waals surface area contributed by atoms with Crippen molar-refractivity contribution in [2.75, 3.05) is 11.9 Å². The molecule has 2 rings (SSSR count). The summed E-state index contributed by atoms with van der Waals surface area (Å²) in [6.45, 7) is 6.06. The lowest BCUT2D eigenvalue weighted by Crippen LogP contribution is -2.20. The fourth-order valence-corrected chi connectivity index (χ4v) is 2.61. The van der Waals surface area contributed by atoms with E-state index in [1.54, 1.807) is 24.3 Å². The Balaban J connectivity index is 2.06. The quantitative estimate of drug-likeness (QED) is 0.804. The van der Waals surface area contributed by atoms with Crippen LogP contribution in [0.5, 0.6) is 5.75 Å². The van der Waals surface area contributed by atoms with Gasteiger partial charge in [0.1, 0.15) is 5.75 Å². The molecule has 0 fully saturated rings. The van der Waals surface area contributed by atoms with Gasteiger partial charge in [-0.1, -0.05) is 35.8 Å². The van der Waals surface area contributed by atoms with Crippen molar-refractivity contribution >= 4 is 27.5 Å². The minimum absolute atomic E-state index is 0.0857. The summed E-state index contributed by atoms with van der Waals surface area (Å²) in [6.07, 6.45) is 0. The molecule has 0 radical (unpaired) electrons. The minimum Gasteiger partial charge on any atom is -0.483 e. The number of hydrogen-bond donors (Lipinski definition) is 1. The zero-order valence-corrected chi connectivity index (χ0v) is 15.5. The van der Waals surface area contributed by atoms with Crippen LogP contribution in [0.1, 0.15) is 36.5 Å². The highest BCUT2D eigenvalue weighted by Crippen LogP contribution is 2.32. The topological polar surface area (TPSA) is 62.1 Å². The maximum Gasteiger partial charge on any atom is 0.262 e. The molecule has 2 aromatic carbocycles. The van der Waals surface area contributed by atoms with Gasteiger partial charge < -0.3 is 10.1 Å². The van der Waals surface area contributed by atoms with Crippen LogP contribution < -0.4 is 10.1 Å². The van der Waals surface area contributed by atoms with E-state index >= 15 is 0 Å². The van der Waals surface area contributed by atoms with Crippen LogP contribution in [0.2, 0.25) is 0 Å². The number of nitrogens with zero attached hydrogens (tertiary/aromatic N) is 1. The van der Waals surface area contributed by atoms with Gasteiger partial charge in [0.2, 0.25) is 0 Å². The summed E-state index contributed by atoms with van der Waals surface area (Å²) >= 11 is 3.53. The van der Waals surface area contributed by atoms with Crippen molar-refractivity contribution in [2.24, 2.45) is 0 Å². The predicted molar refractivity (Wildman–Crippen MR) is 98.2 cm³/mol. The Morgan fingerprint density at radius 3 is 2.75 bits per heavy atom. The SMILES string of the molecule is Cc1cc(OCC(=O)Nc2cccc(C#N)c2)c(C(C)C)cc1Br. The van der Waals surface area contributed by atoms with Gasteiger partial charge in [-0.15, -0.1) is 0 Å². The van der Waals surface area contributed by atoms with Crippen molar-refractivity contribution in [3.8, 4) is 11.8 Å². The molecule has 0 aliphatic heterocycles. The molecule has 0 atom stereocenters. The molecule has 4 nitrogen and oxygen atoms in total. The number of carbonyl (C=O) groups excluding carboxylic acids is 1. The molecule has 0 unspecified atom stereocenters. The van der Waals surface area contributed by atoms with Gasteiger partial charge in [0.05, 0.1) is 11.6 Å². The molecule has 0 bridgehead atoms. The van der Waals surface area contributed by atoms with Crippen LogP contribution in [0.25, 0.3) is 0 Å². The molecule has 0 saturated carbocycles. The molecule has 0 aromatic heterocycles. The summed E-state index contributed by atoms with van der Waals surface area (Å²) in [4.78, 5) is 12.1. The van der Waals surface area contributed by atoms with Gasteiger partial charge in [-0.3, -0.25) is 4.79 Å². The second-order valence-corrected chi connectivity index (χ2v) is 6.68. The first kappa shape index (κ1) is 18.0. The number of nitrogens with one attached hydrogen (secondary N) is 1. The monoisotopic (exact) mass is 386 g/mol. The summed E-state index contributed by atoms with van der Waals surface area (Å²) in [5.41, 5.74) is 3.18. The molecular weight excluding hydrogens is 368 g/mol. The first-order chi connectivity index (χ1) is 11.4. The van der Waals surface area contributed by atoms with E-state index in [1.807, 2.05) is 25.1 Å². The fraction of sp³-hybridized carbons (Fsp3) is 0.263. The highest BCUT2D eigenvalue weighted by Gasteiger charge is 2.12. The third-order valence-corrected chi connectivity index (χ3v) is 4.40. The number of benzene rings is 2. The molecule has 0 aliphatic carbocycles. The minimum atomic E-state index is -0.264. The summed E-state index contributed by atoms with van der Waals surface area (Å²) in [6, 6.07) is 12.8. The lowest BCUT2D eigenvalue weighted by molar-refractivity contribution is -0.118. The van der Waals surface area contributed by atoms with Crippen LogP contribution in [0.15, 0.2) is 40.9 Å². The number of amides is 1. The lowest BCUT2D eigenvalue weighted by Gasteiger charge is -2.16. The Hall–Kier alpha value is -2.32. The van der Waals surface area contributed by atoms with Crippen LogP contribution in [0.3, 0.4) is 0 Å². The molecule has 5 heteroatoms. The highest BCUT2D eigenvalue weighted by molar-refractivity contribution is 9.10. The Morgan fingerprint density at radius 2 is 2.08 bits per heavy atom. The van der Waals surface area contributed by atoms with Crippen molar-refractivity contribution in [3.63, 3.8) is 0 Å². The van der Waals surface area contributed by atoms with Gasteiger partial charge >= 0.3 is 0 Å². The molecule has 124 valence electrons. The zero-order valence-electron chi connectivity index (χ0n) is 13.9. The maximum atomic E-state index is 12.1. The van der Waals surface area contributed by atoms with Gasteiger partial charge in [-0.2, -0.15) is 5.26 Å². The van der Waals surface area contributed by atoms with Crippen molar-refractivity contribution in [1.82, 2.24) is 0 Å². The van der Waals surface area contributed by atoms with Gasteiger partial charge in [0.15, 0.2) is 6.61 Å². The maximum absolute atomic E-state index is 12.1. The number of rotatable bonds is 5. The summed E-state index contributed by atoms with van der Waals surface area (Å²) in [5.74, 6) is 0.735. The molecule has 0 heterocycles. The van der Waals surface area contributed by atoms with E-state index in [2.05, 4.69) is 35.1 Å². The van der Waals surface area contributed by atoms with E-state index in [9.17, 15) is 4.79 Å². The number of hydrogen-bond acceptors (Lipinski definition) is 3. The van der Waals surface area contributed by atoms with E-state index in [1.165, 1.54) is 0 Å². The van der Waals surface area contributed by atoms with E-state index < -0.39 is 0 Å². The fourth-order valence-electron chi connectivity index (χ4n) is 2.25. The zero-order chi connectivity index (χ0) is 17.7. The number of carbonyl (C=O) groups is 1. The molecule has 1 amide bonds. The first-order valence-electron chi connectivity index (χ1n) is 7.63. The van der Waals surface area contributed by atoms with Gasteiger partial charge in [0, 0.05) is 10.2 Å². The molecule has 24 heavy (non-hydrogen) atoms. The third-order valence-electron chi connectivity index (χ3n) is 3.55. The van der Waals surface area contributed by atoms with E-state index in [0.29, 0.717) is 17.0 Å². The van der Waals surface area contributed by atoms with Gasteiger partial charge in [0.25, 0.3) is 5.91 Å². The summed E-state index contributed by atoms with van der Waals surface area (Å²) in [7, 11) is 0. The number of anilines is 1. The second kappa shape index (κ2) is 7.98. The van der Waals surface area contributed by atoms with Gasteiger partial charge in [-0.05, 0) is 54.3 Å². The Kier molecular flexibility index (Phi) is 5.99. The standard InChI is InChI=1S/C19H19BrN2O2/c1-12(2)16-9-17(20)13(3)7-18(16)24-11-19(23)22-15-6-4-5-14(8-15)10-21/h4-9,12H,11H2,1-3H3,(H,22,23). The van der Waals surface area contributed by atoms with Gasteiger partial charge in [-0.25, -0.2) is 0 Å². The molecule has 0 aliphatic rings. The average molecular weight is 387 g/mol. The summed E-state index contributed by atoms with van der Waals surface area (Å²) < 4.78 is 6.75. The van der Waals surface area contributed by atoms with Crippen molar-refractivity contribution in [3.05, 3.63) is 57.6 Å². The first-order valence-corrected chi connectivity index (χ1v) is 8.43. The summed E-state index contributed by atoms with van der Waals surface area (Å²) in [5, 5.41) is 11.6. The van der Waals surface area contributed by atoms with Crippen LogP contribution in [-0.2, 0) is 4.79 Å². The van der Waals surface area contributed by atoms with E-state index in [0.717, 1.165) is 15.6 Å². The molecule has 0 saturated heterocycles. The number of halogens is 1. The number of ether oxygens (including phenoxy) is 1. The number of nitriles is 1. The normalized spacial score (nSPS) is 10.3. The van der Waals surface area contributed by atoms with E-state index in [-0.39, 0.29) is 18.4 Å². The molecular formula is C19H19BrN2O2.